The standard InChI is InChI=1S/C16H14N2O/c1-12-7-5-6-10-14(12)15-11-17-18(16(15)19)13-8-3-2-4-9-13/h2-11,17H,1H3. The zero-order valence-electron chi connectivity index (χ0n) is 10.6. The van der Waals surface area contributed by atoms with Crippen molar-refractivity contribution in [2.45, 2.75) is 6.92 Å². The first-order chi connectivity index (χ1) is 9.27. The Labute approximate surface area is 111 Å². The molecule has 3 heteroatoms. The Morgan fingerprint density at radius 3 is 2.32 bits per heavy atom. The third kappa shape index (κ3) is 1.99. The van der Waals surface area contributed by atoms with Crippen LogP contribution in [-0.4, -0.2) is 9.78 Å². The highest BCUT2D eigenvalue weighted by molar-refractivity contribution is 5.65. The zero-order valence-corrected chi connectivity index (χ0v) is 10.6. The lowest BCUT2D eigenvalue weighted by atomic mass is 10.0. The Hall–Kier alpha value is -2.55. The quantitative estimate of drug-likeness (QED) is 0.745. The highest BCUT2D eigenvalue weighted by atomic mass is 16.1. The van der Waals surface area contributed by atoms with Gasteiger partial charge in [-0.05, 0) is 30.2 Å². The normalized spacial score (nSPS) is 10.6. The number of benzene rings is 2. The number of hydrogen-bond acceptors (Lipinski definition) is 1. The van der Waals surface area contributed by atoms with Crippen molar-refractivity contribution in [1.82, 2.24) is 9.78 Å². The second-order valence-electron chi connectivity index (χ2n) is 4.48. The molecular weight excluding hydrogens is 236 g/mol. The second-order valence-corrected chi connectivity index (χ2v) is 4.48. The molecule has 0 saturated carbocycles. The minimum Gasteiger partial charge on any atom is -0.298 e. The summed E-state index contributed by atoms with van der Waals surface area (Å²) in [6.07, 6.45) is 1.76. The summed E-state index contributed by atoms with van der Waals surface area (Å²) in [4.78, 5) is 12.5. The van der Waals surface area contributed by atoms with Crippen molar-refractivity contribution in [2.24, 2.45) is 0 Å². The molecule has 0 spiro atoms. The van der Waals surface area contributed by atoms with Crippen LogP contribution in [0.5, 0.6) is 0 Å². The van der Waals surface area contributed by atoms with Crippen LogP contribution in [-0.2, 0) is 0 Å². The molecule has 1 N–H and O–H groups in total. The van der Waals surface area contributed by atoms with Gasteiger partial charge < -0.3 is 0 Å². The second kappa shape index (κ2) is 4.61. The van der Waals surface area contributed by atoms with Crippen LogP contribution in [0.2, 0.25) is 0 Å². The first-order valence-corrected chi connectivity index (χ1v) is 6.19. The molecule has 3 aromatic rings. The molecule has 0 saturated heterocycles. The van der Waals surface area contributed by atoms with Crippen LogP contribution in [0, 0.1) is 6.92 Å². The molecule has 0 aliphatic rings. The molecule has 0 aliphatic heterocycles. The highest BCUT2D eigenvalue weighted by Gasteiger charge is 2.10. The van der Waals surface area contributed by atoms with Gasteiger partial charge in [0.05, 0.1) is 11.3 Å². The summed E-state index contributed by atoms with van der Waals surface area (Å²) in [6.45, 7) is 2.01. The van der Waals surface area contributed by atoms with Gasteiger partial charge in [0.1, 0.15) is 0 Å². The van der Waals surface area contributed by atoms with Gasteiger partial charge in [-0.15, -0.1) is 0 Å². The fourth-order valence-corrected chi connectivity index (χ4v) is 2.21. The number of rotatable bonds is 2. The Kier molecular flexibility index (Phi) is 2.80. The molecule has 0 bridgehead atoms. The summed E-state index contributed by atoms with van der Waals surface area (Å²) >= 11 is 0. The lowest BCUT2D eigenvalue weighted by molar-refractivity contribution is 0.850. The molecule has 94 valence electrons. The van der Waals surface area contributed by atoms with E-state index in [2.05, 4.69) is 5.10 Å². The van der Waals surface area contributed by atoms with Crippen molar-refractivity contribution in [3.8, 4) is 16.8 Å². The van der Waals surface area contributed by atoms with Gasteiger partial charge >= 0.3 is 0 Å². The minimum absolute atomic E-state index is 0.0273. The Balaban J connectivity index is 2.15. The summed E-state index contributed by atoms with van der Waals surface area (Å²) in [5.41, 5.74) is 3.58. The molecule has 0 fully saturated rings. The largest absolute Gasteiger partial charge is 0.298 e. The molecule has 0 atom stereocenters. The third-order valence-electron chi connectivity index (χ3n) is 3.22. The molecule has 3 rings (SSSR count). The number of nitrogens with one attached hydrogen (secondary N) is 1. The maximum absolute atomic E-state index is 12.5. The number of aromatic amines is 1. The van der Waals surface area contributed by atoms with Crippen molar-refractivity contribution in [3.05, 3.63) is 76.7 Å². The maximum atomic E-state index is 12.5. The van der Waals surface area contributed by atoms with Gasteiger partial charge in [-0.3, -0.25) is 9.89 Å². The Bertz CT molecular complexity index is 754. The van der Waals surface area contributed by atoms with Crippen LogP contribution in [0.1, 0.15) is 5.56 Å². The summed E-state index contributed by atoms with van der Waals surface area (Å²) in [5.74, 6) is 0. The molecule has 1 heterocycles. The first kappa shape index (κ1) is 11.5. The van der Waals surface area contributed by atoms with Gasteiger partial charge in [-0.1, -0.05) is 42.5 Å². The highest BCUT2D eigenvalue weighted by Crippen LogP contribution is 2.19. The third-order valence-corrected chi connectivity index (χ3v) is 3.22. The molecule has 0 radical (unpaired) electrons. The monoisotopic (exact) mass is 250 g/mol. The molecule has 2 aromatic carbocycles. The van der Waals surface area contributed by atoms with Crippen molar-refractivity contribution in [2.75, 3.05) is 0 Å². The molecule has 0 unspecified atom stereocenters. The summed E-state index contributed by atoms with van der Waals surface area (Å²) in [5, 5.41) is 3.02. The molecule has 3 nitrogen and oxygen atoms in total. The average molecular weight is 250 g/mol. The fourth-order valence-electron chi connectivity index (χ4n) is 2.21. The SMILES string of the molecule is Cc1ccccc1-c1c[nH]n(-c2ccccc2)c1=O. The van der Waals surface area contributed by atoms with Crippen LogP contribution in [0.15, 0.2) is 65.6 Å². The Morgan fingerprint density at radius 1 is 0.895 bits per heavy atom. The van der Waals surface area contributed by atoms with E-state index in [0.29, 0.717) is 5.56 Å². The lowest BCUT2D eigenvalue weighted by Gasteiger charge is -2.01. The van der Waals surface area contributed by atoms with E-state index >= 15 is 0 Å². The van der Waals surface area contributed by atoms with Gasteiger partial charge in [0.15, 0.2) is 0 Å². The van der Waals surface area contributed by atoms with E-state index in [4.69, 9.17) is 0 Å². The molecule has 19 heavy (non-hydrogen) atoms. The van der Waals surface area contributed by atoms with E-state index in [1.54, 1.807) is 10.9 Å². The fraction of sp³-hybridized carbons (Fsp3) is 0.0625. The van der Waals surface area contributed by atoms with Gasteiger partial charge in [0.25, 0.3) is 5.56 Å². The summed E-state index contributed by atoms with van der Waals surface area (Å²) in [7, 11) is 0. The number of aromatic nitrogens is 2. The topological polar surface area (TPSA) is 37.8 Å². The zero-order chi connectivity index (χ0) is 13.2. The van der Waals surface area contributed by atoms with Gasteiger partial charge in [0.2, 0.25) is 0 Å². The Morgan fingerprint density at radius 2 is 1.58 bits per heavy atom. The number of H-pyrrole nitrogens is 1. The van der Waals surface area contributed by atoms with E-state index in [0.717, 1.165) is 16.8 Å². The number of hydrogen-bond donors (Lipinski definition) is 1. The van der Waals surface area contributed by atoms with Crippen LogP contribution >= 0.6 is 0 Å². The summed E-state index contributed by atoms with van der Waals surface area (Å²) in [6, 6.07) is 17.5. The van der Waals surface area contributed by atoms with E-state index in [9.17, 15) is 4.79 Å². The van der Waals surface area contributed by atoms with Crippen molar-refractivity contribution in [1.29, 1.82) is 0 Å². The summed E-state index contributed by atoms with van der Waals surface area (Å²) < 4.78 is 1.56. The molecule has 1 aromatic heterocycles. The smallest absolute Gasteiger partial charge is 0.279 e. The predicted octanol–water partition coefficient (Wildman–Crippen LogP) is 3.14. The van der Waals surface area contributed by atoms with Crippen molar-refractivity contribution in [3.63, 3.8) is 0 Å². The van der Waals surface area contributed by atoms with E-state index in [1.165, 1.54) is 0 Å². The number of aryl methyl sites for hydroxylation is 1. The van der Waals surface area contributed by atoms with E-state index in [1.807, 2.05) is 61.5 Å². The molecular formula is C16H14N2O. The van der Waals surface area contributed by atoms with Crippen molar-refractivity contribution >= 4 is 0 Å². The minimum atomic E-state index is -0.0273. The van der Waals surface area contributed by atoms with E-state index < -0.39 is 0 Å². The van der Waals surface area contributed by atoms with E-state index in [-0.39, 0.29) is 5.56 Å². The predicted molar refractivity (Wildman–Crippen MR) is 76.6 cm³/mol. The van der Waals surface area contributed by atoms with Crippen LogP contribution in [0.4, 0.5) is 0 Å². The first-order valence-electron chi connectivity index (χ1n) is 6.19. The van der Waals surface area contributed by atoms with Crippen molar-refractivity contribution < 1.29 is 0 Å². The van der Waals surface area contributed by atoms with Gasteiger partial charge in [-0.25, -0.2) is 4.68 Å². The van der Waals surface area contributed by atoms with Gasteiger partial charge in [0, 0.05) is 6.20 Å². The number of nitrogens with zero attached hydrogens (tertiary/aromatic N) is 1. The number of para-hydroxylation sites is 1. The van der Waals surface area contributed by atoms with Gasteiger partial charge in [-0.2, -0.15) is 0 Å². The van der Waals surface area contributed by atoms with Crippen LogP contribution in [0.3, 0.4) is 0 Å². The molecule has 0 amide bonds. The molecule has 0 aliphatic carbocycles. The average Bonchev–Trinajstić information content (AvgIpc) is 2.82. The van der Waals surface area contributed by atoms with Crippen LogP contribution in [0.25, 0.3) is 16.8 Å². The maximum Gasteiger partial charge on any atom is 0.279 e. The lowest BCUT2D eigenvalue weighted by Crippen LogP contribution is -2.15. The van der Waals surface area contributed by atoms with Crippen LogP contribution < -0.4 is 5.56 Å².